The van der Waals surface area contributed by atoms with E-state index in [1.807, 2.05) is 20.0 Å². The van der Waals surface area contributed by atoms with Gasteiger partial charge in [0.2, 0.25) is 0 Å². The summed E-state index contributed by atoms with van der Waals surface area (Å²) in [7, 11) is 1.85. The molecule has 0 radical (unpaired) electrons. The first-order valence-electron chi connectivity index (χ1n) is 6.23. The van der Waals surface area contributed by atoms with Crippen molar-refractivity contribution in [1.29, 1.82) is 0 Å². The summed E-state index contributed by atoms with van der Waals surface area (Å²) in [4.78, 5) is 0. The van der Waals surface area contributed by atoms with Crippen molar-refractivity contribution in [3.63, 3.8) is 0 Å². The van der Waals surface area contributed by atoms with Crippen LogP contribution in [0.1, 0.15) is 38.4 Å². The van der Waals surface area contributed by atoms with E-state index in [2.05, 4.69) is 12.2 Å². The molecule has 0 aliphatic carbocycles. The topological polar surface area (TPSA) is 21.3 Å². The minimum Gasteiger partial charge on any atom is -0.369 e. The number of benzene rings is 1. The molecule has 3 heteroatoms. The minimum absolute atomic E-state index is 0.151. The number of likely N-dealkylation sites (N-methyl/N-ethyl adjacent to an activating group) is 1. The molecule has 1 aromatic rings. The van der Waals surface area contributed by atoms with Crippen molar-refractivity contribution in [3.8, 4) is 0 Å². The predicted molar refractivity (Wildman–Crippen MR) is 68.5 cm³/mol. The summed E-state index contributed by atoms with van der Waals surface area (Å²) in [6.45, 7) is 4.78. The zero-order valence-corrected chi connectivity index (χ0v) is 10.9. The lowest BCUT2D eigenvalue weighted by atomic mass is 10.1. The lowest BCUT2D eigenvalue weighted by Gasteiger charge is -2.23. The average molecular weight is 239 g/mol. The molecule has 1 N–H and O–H groups in total. The fourth-order valence-corrected chi connectivity index (χ4v) is 1.91. The van der Waals surface area contributed by atoms with Gasteiger partial charge in [0, 0.05) is 12.1 Å². The zero-order chi connectivity index (χ0) is 12.7. The van der Waals surface area contributed by atoms with Gasteiger partial charge in [-0.15, -0.1) is 0 Å². The lowest BCUT2D eigenvalue weighted by Crippen LogP contribution is -2.24. The van der Waals surface area contributed by atoms with Gasteiger partial charge in [0.1, 0.15) is 5.82 Å². The highest BCUT2D eigenvalue weighted by Gasteiger charge is 2.17. The number of nitrogens with one attached hydrogen (secondary N) is 1. The molecule has 1 rings (SSSR count). The Morgan fingerprint density at radius 2 is 2.06 bits per heavy atom. The summed E-state index contributed by atoms with van der Waals surface area (Å²) in [5.74, 6) is -0.198. The van der Waals surface area contributed by atoms with Gasteiger partial charge in [-0.3, -0.25) is 0 Å². The Hall–Kier alpha value is -0.930. The van der Waals surface area contributed by atoms with Crippen molar-refractivity contribution in [2.45, 2.75) is 38.9 Å². The van der Waals surface area contributed by atoms with Crippen molar-refractivity contribution < 1.29 is 9.13 Å². The van der Waals surface area contributed by atoms with Crippen molar-refractivity contribution in [1.82, 2.24) is 5.32 Å². The molecule has 17 heavy (non-hydrogen) atoms. The summed E-state index contributed by atoms with van der Waals surface area (Å²) in [6, 6.07) is 6.81. The fraction of sp³-hybridized carbons (Fsp3) is 0.571. The highest BCUT2D eigenvalue weighted by molar-refractivity contribution is 5.20. The van der Waals surface area contributed by atoms with Crippen molar-refractivity contribution >= 4 is 0 Å². The summed E-state index contributed by atoms with van der Waals surface area (Å²) >= 11 is 0. The average Bonchev–Trinajstić information content (AvgIpc) is 2.29. The van der Waals surface area contributed by atoms with Gasteiger partial charge in [-0.1, -0.05) is 31.5 Å². The predicted octanol–water partition coefficient (Wildman–Crippen LogP) is 3.29. The number of rotatable bonds is 7. The first-order valence-corrected chi connectivity index (χ1v) is 6.23. The molecule has 96 valence electrons. The van der Waals surface area contributed by atoms with Crippen LogP contribution >= 0.6 is 0 Å². The van der Waals surface area contributed by atoms with Crippen LogP contribution < -0.4 is 5.32 Å². The van der Waals surface area contributed by atoms with E-state index in [9.17, 15) is 4.39 Å². The fourth-order valence-electron chi connectivity index (χ4n) is 1.91. The standard InChI is InChI=1S/C14H22FNO/c1-4-7-11(2)17-14(10-16-3)12-8-5-6-9-13(12)15/h5-6,8-9,11,14,16H,4,7,10H2,1-3H3. The molecule has 0 amide bonds. The van der Waals surface area contributed by atoms with Gasteiger partial charge in [-0.2, -0.15) is 0 Å². The molecule has 1 aromatic carbocycles. The summed E-state index contributed by atoms with van der Waals surface area (Å²) < 4.78 is 19.6. The zero-order valence-electron chi connectivity index (χ0n) is 10.9. The smallest absolute Gasteiger partial charge is 0.129 e. The summed E-state index contributed by atoms with van der Waals surface area (Å²) in [5, 5.41) is 3.05. The van der Waals surface area contributed by atoms with Crippen LogP contribution in [0.5, 0.6) is 0 Å². The second kappa shape index (κ2) is 7.41. The van der Waals surface area contributed by atoms with Gasteiger partial charge in [0.05, 0.1) is 12.2 Å². The van der Waals surface area contributed by atoms with Crippen molar-refractivity contribution in [2.24, 2.45) is 0 Å². The van der Waals surface area contributed by atoms with Gasteiger partial charge in [-0.25, -0.2) is 4.39 Å². The third-order valence-electron chi connectivity index (χ3n) is 2.73. The maximum atomic E-state index is 13.7. The Kier molecular flexibility index (Phi) is 6.16. The van der Waals surface area contributed by atoms with Crippen LogP contribution in [0.2, 0.25) is 0 Å². The second-order valence-electron chi connectivity index (χ2n) is 4.30. The maximum absolute atomic E-state index is 13.7. The Morgan fingerprint density at radius 1 is 1.35 bits per heavy atom. The number of halogens is 1. The summed E-state index contributed by atoms with van der Waals surface area (Å²) in [5.41, 5.74) is 0.629. The van der Waals surface area contributed by atoms with Crippen LogP contribution in [-0.2, 0) is 4.74 Å². The molecule has 0 aromatic heterocycles. The van der Waals surface area contributed by atoms with Gasteiger partial charge >= 0.3 is 0 Å². The van der Waals surface area contributed by atoms with E-state index >= 15 is 0 Å². The van der Waals surface area contributed by atoms with E-state index in [1.165, 1.54) is 6.07 Å². The maximum Gasteiger partial charge on any atom is 0.129 e. The van der Waals surface area contributed by atoms with E-state index in [0.717, 1.165) is 12.8 Å². The summed E-state index contributed by atoms with van der Waals surface area (Å²) in [6.07, 6.45) is 2.00. The molecule has 0 spiro atoms. The van der Waals surface area contributed by atoms with Gasteiger partial charge in [0.15, 0.2) is 0 Å². The molecule has 0 heterocycles. The van der Waals surface area contributed by atoms with E-state index in [1.54, 1.807) is 12.1 Å². The largest absolute Gasteiger partial charge is 0.369 e. The van der Waals surface area contributed by atoms with E-state index in [0.29, 0.717) is 12.1 Å². The van der Waals surface area contributed by atoms with Gasteiger partial charge < -0.3 is 10.1 Å². The van der Waals surface area contributed by atoms with E-state index < -0.39 is 0 Å². The third-order valence-corrected chi connectivity index (χ3v) is 2.73. The molecular weight excluding hydrogens is 217 g/mol. The van der Waals surface area contributed by atoms with E-state index in [4.69, 9.17) is 4.74 Å². The Morgan fingerprint density at radius 3 is 2.65 bits per heavy atom. The van der Waals surface area contributed by atoms with Crippen molar-refractivity contribution in [2.75, 3.05) is 13.6 Å². The van der Waals surface area contributed by atoms with E-state index in [-0.39, 0.29) is 18.0 Å². The SMILES string of the molecule is CCCC(C)OC(CNC)c1ccccc1F. The molecule has 0 aliphatic rings. The second-order valence-corrected chi connectivity index (χ2v) is 4.30. The van der Waals surface area contributed by atoms with Crippen LogP contribution in [0.25, 0.3) is 0 Å². The number of ether oxygens (including phenoxy) is 1. The van der Waals surface area contributed by atoms with Crippen LogP contribution in [0.3, 0.4) is 0 Å². The first-order chi connectivity index (χ1) is 8.19. The molecule has 0 fully saturated rings. The molecule has 0 saturated carbocycles. The third kappa shape index (κ3) is 4.44. The van der Waals surface area contributed by atoms with Crippen LogP contribution in [-0.4, -0.2) is 19.7 Å². The number of hydrogen-bond acceptors (Lipinski definition) is 2. The molecular formula is C14H22FNO. The van der Waals surface area contributed by atoms with Gasteiger partial charge in [-0.05, 0) is 26.5 Å². The quantitative estimate of drug-likeness (QED) is 0.788. The molecule has 2 nitrogen and oxygen atoms in total. The molecule has 2 atom stereocenters. The number of hydrogen-bond donors (Lipinski definition) is 1. The van der Waals surface area contributed by atoms with Crippen LogP contribution in [0.15, 0.2) is 24.3 Å². The lowest BCUT2D eigenvalue weighted by molar-refractivity contribution is -0.00801. The molecule has 2 unspecified atom stereocenters. The minimum atomic E-state index is -0.220. The Bertz CT molecular complexity index is 330. The first kappa shape index (κ1) is 14.1. The highest BCUT2D eigenvalue weighted by atomic mass is 19.1. The van der Waals surface area contributed by atoms with Crippen molar-refractivity contribution in [3.05, 3.63) is 35.6 Å². The Balaban J connectivity index is 2.75. The van der Waals surface area contributed by atoms with Crippen LogP contribution in [0, 0.1) is 5.82 Å². The monoisotopic (exact) mass is 239 g/mol. The highest BCUT2D eigenvalue weighted by Crippen LogP contribution is 2.22. The molecule has 0 aliphatic heterocycles. The molecule has 0 bridgehead atoms. The molecule has 0 saturated heterocycles. The van der Waals surface area contributed by atoms with Gasteiger partial charge in [0.25, 0.3) is 0 Å². The Labute approximate surface area is 103 Å². The normalized spacial score (nSPS) is 14.6. The van der Waals surface area contributed by atoms with Crippen LogP contribution in [0.4, 0.5) is 4.39 Å².